The van der Waals surface area contributed by atoms with Crippen LogP contribution in [0.2, 0.25) is 5.02 Å². The third-order valence-electron chi connectivity index (χ3n) is 4.10. The monoisotopic (exact) mass is 389 g/mol. The van der Waals surface area contributed by atoms with Gasteiger partial charge in [0.25, 0.3) is 5.91 Å². The number of benzene rings is 2. The van der Waals surface area contributed by atoms with Crippen molar-refractivity contribution in [3.63, 3.8) is 0 Å². The Labute approximate surface area is 161 Å². The lowest BCUT2D eigenvalue weighted by molar-refractivity contribution is 0.102. The molecule has 0 atom stereocenters. The molecule has 0 radical (unpaired) electrons. The quantitative estimate of drug-likeness (QED) is 0.677. The summed E-state index contributed by atoms with van der Waals surface area (Å²) in [5.41, 5.74) is 2.57. The molecule has 0 aliphatic carbocycles. The third kappa shape index (κ3) is 3.39. The van der Waals surface area contributed by atoms with E-state index in [0.717, 1.165) is 15.9 Å². The van der Waals surface area contributed by atoms with Crippen molar-refractivity contribution in [3.8, 4) is 0 Å². The van der Waals surface area contributed by atoms with E-state index in [0.29, 0.717) is 21.5 Å². The molecule has 136 valence electrons. The van der Waals surface area contributed by atoms with Crippen LogP contribution in [0.1, 0.15) is 24.2 Å². The van der Waals surface area contributed by atoms with E-state index in [1.54, 1.807) is 59.3 Å². The molecule has 26 heavy (non-hydrogen) atoms. The number of nitrogens with zero attached hydrogens (tertiary/aromatic N) is 2. The highest BCUT2D eigenvalue weighted by molar-refractivity contribution is 8.00. The Morgan fingerprint density at radius 2 is 1.73 bits per heavy atom. The number of amides is 1. The molecule has 0 aliphatic heterocycles. The van der Waals surface area contributed by atoms with Gasteiger partial charge in [-0.25, -0.2) is 4.79 Å². The molecule has 5 nitrogen and oxygen atoms in total. The number of halogens is 1. The van der Waals surface area contributed by atoms with Crippen LogP contribution in [0, 0.1) is 0 Å². The van der Waals surface area contributed by atoms with Gasteiger partial charge in [0, 0.05) is 24.2 Å². The van der Waals surface area contributed by atoms with Crippen LogP contribution in [-0.4, -0.2) is 20.3 Å². The predicted octanol–water partition coefficient (Wildman–Crippen LogP) is 4.28. The molecule has 2 aromatic carbocycles. The van der Waals surface area contributed by atoms with Crippen molar-refractivity contribution < 1.29 is 4.79 Å². The summed E-state index contributed by atoms with van der Waals surface area (Å²) in [5, 5.41) is 3.67. The SMILES string of the molecule is CC(C)Sc1cc2c(cc1NC(=O)c1ccccc1Cl)n(C)c(=O)n2C. The fourth-order valence-corrected chi connectivity index (χ4v) is 3.96. The van der Waals surface area contributed by atoms with Gasteiger partial charge in [0.2, 0.25) is 0 Å². The minimum absolute atomic E-state index is 0.102. The molecule has 1 heterocycles. The van der Waals surface area contributed by atoms with Crippen molar-refractivity contribution in [1.29, 1.82) is 0 Å². The number of aryl methyl sites for hydroxylation is 2. The number of hydrogen-bond donors (Lipinski definition) is 1. The van der Waals surface area contributed by atoms with E-state index in [1.807, 2.05) is 12.1 Å². The van der Waals surface area contributed by atoms with Crippen molar-refractivity contribution >= 4 is 46.0 Å². The number of hydrogen-bond acceptors (Lipinski definition) is 3. The summed E-state index contributed by atoms with van der Waals surface area (Å²) in [6, 6.07) is 10.7. The topological polar surface area (TPSA) is 56.0 Å². The van der Waals surface area contributed by atoms with E-state index in [4.69, 9.17) is 11.6 Å². The molecule has 0 unspecified atom stereocenters. The molecule has 7 heteroatoms. The molecule has 0 fully saturated rings. The zero-order chi connectivity index (χ0) is 19.0. The Morgan fingerprint density at radius 1 is 1.12 bits per heavy atom. The lowest BCUT2D eigenvalue weighted by atomic mass is 10.2. The van der Waals surface area contributed by atoms with Gasteiger partial charge in [-0.05, 0) is 24.3 Å². The first-order valence-corrected chi connectivity index (χ1v) is 9.47. The van der Waals surface area contributed by atoms with Gasteiger partial charge in [0.05, 0.1) is 27.3 Å². The van der Waals surface area contributed by atoms with Crippen LogP contribution in [0.3, 0.4) is 0 Å². The van der Waals surface area contributed by atoms with Crippen LogP contribution in [0.4, 0.5) is 5.69 Å². The molecule has 0 aliphatic rings. The summed E-state index contributed by atoms with van der Waals surface area (Å²) in [7, 11) is 3.47. The smallest absolute Gasteiger partial charge is 0.321 e. The van der Waals surface area contributed by atoms with Crippen LogP contribution < -0.4 is 11.0 Å². The maximum Gasteiger partial charge on any atom is 0.328 e. The molecule has 1 aromatic heterocycles. The third-order valence-corrected chi connectivity index (χ3v) is 5.50. The minimum Gasteiger partial charge on any atom is -0.321 e. The Bertz CT molecular complexity index is 1050. The summed E-state index contributed by atoms with van der Waals surface area (Å²) < 4.78 is 3.18. The van der Waals surface area contributed by atoms with Crippen LogP contribution >= 0.6 is 23.4 Å². The van der Waals surface area contributed by atoms with Crippen LogP contribution in [-0.2, 0) is 14.1 Å². The average molecular weight is 390 g/mol. The zero-order valence-corrected chi connectivity index (χ0v) is 16.6. The van der Waals surface area contributed by atoms with E-state index in [-0.39, 0.29) is 11.6 Å². The highest BCUT2D eigenvalue weighted by Crippen LogP contribution is 2.34. The van der Waals surface area contributed by atoms with Crippen molar-refractivity contribution in [3.05, 3.63) is 57.5 Å². The normalized spacial score (nSPS) is 11.3. The van der Waals surface area contributed by atoms with E-state index in [9.17, 15) is 9.59 Å². The van der Waals surface area contributed by atoms with E-state index in [2.05, 4.69) is 19.2 Å². The van der Waals surface area contributed by atoms with Crippen LogP contribution in [0.15, 0.2) is 46.1 Å². The number of aromatic nitrogens is 2. The number of carbonyl (C=O) groups is 1. The summed E-state index contributed by atoms with van der Waals surface area (Å²) in [4.78, 5) is 25.8. The van der Waals surface area contributed by atoms with Gasteiger partial charge in [-0.15, -0.1) is 11.8 Å². The molecule has 0 bridgehead atoms. The van der Waals surface area contributed by atoms with Crippen LogP contribution in [0.5, 0.6) is 0 Å². The Balaban J connectivity index is 2.11. The summed E-state index contributed by atoms with van der Waals surface area (Å²) in [6.45, 7) is 4.16. The maximum absolute atomic E-state index is 12.7. The Kier molecular flexibility index (Phi) is 5.16. The number of carbonyl (C=O) groups excluding carboxylic acids is 1. The first kappa shape index (κ1) is 18.6. The molecule has 3 aromatic rings. The number of rotatable bonds is 4. The predicted molar refractivity (Wildman–Crippen MR) is 109 cm³/mol. The number of thioether (sulfide) groups is 1. The summed E-state index contributed by atoms with van der Waals surface area (Å²) in [5.74, 6) is -0.276. The highest BCUT2D eigenvalue weighted by atomic mass is 35.5. The second kappa shape index (κ2) is 7.21. The fraction of sp³-hybridized carbons (Fsp3) is 0.263. The molecular formula is C19H20ClN3O2S. The van der Waals surface area contributed by atoms with Gasteiger partial charge >= 0.3 is 5.69 Å². The van der Waals surface area contributed by atoms with E-state index < -0.39 is 0 Å². The molecule has 0 saturated heterocycles. The molecule has 3 rings (SSSR count). The molecule has 0 saturated carbocycles. The van der Waals surface area contributed by atoms with Gasteiger partial charge in [0.15, 0.2) is 0 Å². The van der Waals surface area contributed by atoms with Gasteiger partial charge in [-0.2, -0.15) is 0 Å². The number of imidazole rings is 1. The van der Waals surface area contributed by atoms with Crippen molar-refractivity contribution in [1.82, 2.24) is 9.13 Å². The number of nitrogens with one attached hydrogen (secondary N) is 1. The summed E-state index contributed by atoms with van der Waals surface area (Å²) in [6.07, 6.45) is 0. The van der Waals surface area contributed by atoms with Crippen molar-refractivity contribution in [2.45, 2.75) is 24.0 Å². The van der Waals surface area contributed by atoms with Crippen LogP contribution in [0.25, 0.3) is 11.0 Å². The minimum atomic E-state index is -0.276. The molecule has 1 N–H and O–H groups in total. The standard InChI is InChI=1S/C19H20ClN3O2S/c1-11(2)26-17-10-16-15(22(3)19(25)23(16)4)9-14(17)21-18(24)12-7-5-6-8-13(12)20/h5-11H,1-4H3,(H,21,24). The zero-order valence-electron chi connectivity index (χ0n) is 15.0. The second-order valence-electron chi connectivity index (χ2n) is 6.34. The first-order chi connectivity index (χ1) is 12.3. The molecular weight excluding hydrogens is 370 g/mol. The largest absolute Gasteiger partial charge is 0.328 e. The average Bonchev–Trinajstić information content (AvgIpc) is 2.79. The summed E-state index contributed by atoms with van der Waals surface area (Å²) >= 11 is 7.77. The maximum atomic E-state index is 12.7. The number of anilines is 1. The van der Waals surface area contributed by atoms with Gasteiger partial charge in [-0.1, -0.05) is 37.6 Å². The fourth-order valence-electron chi connectivity index (χ4n) is 2.81. The van der Waals surface area contributed by atoms with Gasteiger partial charge < -0.3 is 5.32 Å². The van der Waals surface area contributed by atoms with Crippen molar-refractivity contribution in [2.75, 3.05) is 5.32 Å². The highest BCUT2D eigenvalue weighted by Gasteiger charge is 2.17. The first-order valence-electron chi connectivity index (χ1n) is 8.21. The lowest BCUT2D eigenvalue weighted by Gasteiger charge is -2.14. The van der Waals surface area contributed by atoms with E-state index >= 15 is 0 Å². The molecule has 1 amide bonds. The Morgan fingerprint density at radius 3 is 2.35 bits per heavy atom. The van der Waals surface area contributed by atoms with Crippen molar-refractivity contribution in [2.24, 2.45) is 14.1 Å². The second-order valence-corrected chi connectivity index (χ2v) is 8.36. The number of fused-ring (bicyclic) bond motifs is 1. The van der Waals surface area contributed by atoms with Gasteiger partial charge in [0.1, 0.15) is 0 Å². The lowest BCUT2D eigenvalue weighted by Crippen LogP contribution is -2.19. The van der Waals surface area contributed by atoms with Gasteiger partial charge in [-0.3, -0.25) is 13.9 Å². The molecule has 0 spiro atoms. The van der Waals surface area contributed by atoms with E-state index in [1.165, 1.54) is 0 Å². The Hall–Kier alpha value is -2.18.